The fraction of sp³-hybridized carbons (Fsp3) is 0.375. The fourth-order valence-electron chi connectivity index (χ4n) is 2.74. The van der Waals surface area contributed by atoms with Crippen LogP contribution < -0.4 is 10.2 Å². The van der Waals surface area contributed by atoms with Gasteiger partial charge in [-0.15, -0.1) is 0 Å². The number of hydrogen-bond acceptors (Lipinski definition) is 3. The van der Waals surface area contributed by atoms with Gasteiger partial charge in [-0.05, 0) is 44.0 Å². The minimum absolute atomic E-state index is 0.184. The van der Waals surface area contributed by atoms with E-state index in [0.29, 0.717) is 23.0 Å². The summed E-state index contributed by atoms with van der Waals surface area (Å²) >= 11 is 0. The molecule has 1 aliphatic heterocycles. The third-order valence-corrected chi connectivity index (χ3v) is 3.77. The zero-order valence-corrected chi connectivity index (χ0v) is 12.0. The molecule has 0 saturated carbocycles. The number of anilines is 1. The number of benzene rings is 1. The summed E-state index contributed by atoms with van der Waals surface area (Å²) in [6.45, 7) is 4.31. The number of pyridine rings is 1. The lowest BCUT2D eigenvalue weighted by Crippen LogP contribution is -2.25. The summed E-state index contributed by atoms with van der Waals surface area (Å²) in [5.74, 6) is 0.257. The molecule has 0 spiro atoms. The lowest BCUT2D eigenvalue weighted by atomic mass is 10.1. The third kappa shape index (κ3) is 2.68. The fourth-order valence-corrected chi connectivity index (χ4v) is 2.74. The second kappa shape index (κ2) is 5.68. The maximum atomic E-state index is 13.5. The van der Waals surface area contributed by atoms with E-state index in [9.17, 15) is 9.18 Å². The van der Waals surface area contributed by atoms with E-state index >= 15 is 0 Å². The number of halogens is 1. The van der Waals surface area contributed by atoms with Crippen LogP contribution in [0.4, 0.5) is 10.2 Å². The van der Waals surface area contributed by atoms with Crippen molar-refractivity contribution in [2.24, 2.45) is 0 Å². The van der Waals surface area contributed by atoms with E-state index in [4.69, 9.17) is 0 Å². The quantitative estimate of drug-likeness (QED) is 0.944. The van der Waals surface area contributed by atoms with Crippen LogP contribution in [0.2, 0.25) is 0 Å². The Morgan fingerprint density at radius 1 is 1.33 bits per heavy atom. The Morgan fingerprint density at radius 2 is 2.10 bits per heavy atom. The molecule has 1 N–H and O–H groups in total. The van der Waals surface area contributed by atoms with Crippen LogP contribution in [0.1, 0.15) is 30.1 Å². The standard InChI is InChI=1S/C16H18FN3O/c1-2-18-16(21)13-10-15(20-7-3-4-8-20)19-14-6-5-11(17)9-12(13)14/h5-6,9-10H,2-4,7-8H2,1H3,(H,18,21). The SMILES string of the molecule is CCNC(=O)c1cc(N2CCCC2)nc2ccc(F)cc12. The molecule has 1 fully saturated rings. The van der Waals surface area contributed by atoms with Gasteiger partial charge < -0.3 is 10.2 Å². The highest BCUT2D eigenvalue weighted by Gasteiger charge is 2.18. The van der Waals surface area contributed by atoms with Crippen molar-refractivity contribution in [2.45, 2.75) is 19.8 Å². The lowest BCUT2D eigenvalue weighted by molar-refractivity contribution is 0.0957. The van der Waals surface area contributed by atoms with E-state index in [0.717, 1.165) is 31.7 Å². The maximum absolute atomic E-state index is 13.5. The summed E-state index contributed by atoms with van der Waals surface area (Å²) in [6.07, 6.45) is 2.28. The Balaban J connectivity index is 2.14. The number of amides is 1. The first-order valence-corrected chi connectivity index (χ1v) is 7.32. The number of nitrogens with one attached hydrogen (secondary N) is 1. The predicted molar refractivity (Wildman–Crippen MR) is 81.2 cm³/mol. The summed E-state index contributed by atoms with van der Waals surface area (Å²) in [5.41, 5.74) is 1.14. The van der Waals surface area contributed by atoms with Gasteiger partial charge in [0, 0.05) is 25.0 Å². The van der Waals surface area contributed by atoms with Gasteiger partial charge in [-0.2, -0.15) is 0 Å². The number of hydrogen-bond donors (Lipinski definition) is 1. The Kier molecular flexibility index (Phi) is 3.73. The summed E-state index contributed by atoms with van der Waals surface area (Å²) in [7, 11) is 0. The molecule has 2 aromatic rings. The molecule has 110 valence electrons. The highest BCUT2D eigenvalue weighted by atomic mass is 19.1. The molecule has 1 saturated heterocycles. The number of carbonyl (C=O) groups is 1. The lowest BCUT2D eigenvalue weighted by Gasteiger charge is -2.18. The second-order valence-electron chi connectivity index (χ2n) is 5.24. The topological polar surface area (TPSA) is 45.2 Å². The van der Waals surface area contributed by atoms with Gasteiger partial charge in [0.05, 0.1) is 11.1 Å². The molecule has 1 aliphatic rings. The molecule has 5 heteroatoms. The predicted octanol–water partition coefficient (Wildman–Crippen LogP) is 2.72. The van der Waals surface area contributed by atoms with Gasteiger partial charge >= 0.3 is 0 Å². The monoisotopic (exact) mass is 287 g/mol. The van der Waals surface area contributed by atoms with Crippen LogP contribution in [0.5, 0.6) is 0 Å². The van der Waals surface area contributed by atoms with Crippen LogP contribution in [0.3, 0.4) is 0 Å². The van der Waals surface area contributed by atoms with Crippen molar-refractivity contribution >= 4 is 22.6 Å². The molecule has 0 aliphatic carbocycles. The van der Waals surface area contributed by atoms with Crippen LogP contribution in [-0.2, 0) is 0 Å². The van der Waals surface area contributed by atoms with E-state index in [1.54, 1.807) is 12.1 Å². The minimum atomic E-state index is -0.358. The summed E-state index contributed by atoms with van der Waals surface area (Å²) in [5, 5.41) is 3.34. The minimum Gasteiger partial charge on any atom is -0.357 e. The zero-order valence-electron chi connectivity index (χ0n) is 12.0. The van der Waals surface area contributed by atoms with E-state index in [-0.39, 0.29) is 11.7 Å². The van der Waals surface area contributed by atoms with Crippen molar-refractivity contribution in [2.75, 3.05) is 24.5 Å². The van der Waals surface area contributed by atoms with E-state index in [1.165, 1.54) is 12.1 Å². The molecule has 0 atom stereocenters. The van der Waals surface area contributed by atoms with Crippen LogP contribution in [0.25, 0.3) is 10.9 Å². The van der Waals surface area contributed by atoms with Crippen molar-refractivity contribution in [1.29, 1.82) is 0 Å². The van der Waals surface area contributed by atoms with E-state index in [1.807, 2.05) is 6.92 Å². The van der Waals surface area contributed by atoms with Gasteiger partial charge in [0.25, 0.3) is 5.91 Å². The molecule has 21 heavy (non-hydrogen) atoms. The highest BCUT2D eigenvalue weighted by molar-refractivity contribution is 6.07. The average molecular weight is 287 g/mol. The van der Waals surface area contributed by atoms with E-state index in [2.05, 4.69) is 15.2 Å². The Morgan fingerprint density at radius 3 is 2.81 bits per heavy atom. The first-order chi connectivity index (χ1) is 10.2. The average Bonchev–Trinajstić information content (AvgIpc) is 3.00. The molecular weight excluding hydrogens is 269 g/mol. The first kappa shape index (κ1) is 13.8. The molecule has 1 aromatic carbocycles. The van der Waals surface area contributed by atoms with Gasteiger partial charge in [-0.25, -0.2) is 9.37 Å². The zero-order chi connectivity index (χ0) is 14.8. The van der Waals surface area contributed by atoms with Gasteiger partial charge in [0.15, 0.2) is 0 Å². The normalized spacial score (nSPS) is 14.7. The van der Waals surface area contributed by atoms with Crippen LogP contribution in [0, 0.1) is 5.82 Å². The number of rotatable bonds is 3. The van der Waals surface area contributed by atoms with Gasteiger partial charge in [0.2, 0.25) is 0 Å². The molecule has 4 nitrogen and oxygen atoms in total. The Hall–Kier alpha value is -2.17. The van der Waals surface area contributed by atoms with Crippen molar-refractivity contribution in [3.63, 3.8) is 0 Å². The molecule has 2 heterocycles. The van der Waals surface area contributed by atoms with Crippen LogP contribution >= 0.6 is 0 Å². The molecular formula is C16H18FN3O. The van der Waals surface area contributed by atoms with Gasteiger partial charge in [-0.1, -0.05) is 0 Å². The third-order valence-electron chi connectivity index (χ3n) is 3.77. The summed E-state index contributed by atoms with van der Waals surface area (Å²) < 4.78 is 13.5. The number of aromatic nitrogens is 1. The van der Waals surface area contributed by atoms with Gasteiger partial charge in [0.1, 0.15) is 11.6 Å². The van der Waals surface area contributed by atoms with Crippen molar-refractivity contribution in [1.82, 2.24) is 10.3 Å². The number of carbonyl (C=O) groups excluding carboxylic acids is 1. The highest BCUT2D eigenvalue weighted by Crippen LogP contribution is 2.26. The van der Waals surface area contributed by atoms with Crippen molar-refractivity contribution < 1.29 is 9.18 Å². The second-order valence-corrected chi connectivity index (χ2v) is 5.24. The molecule has 3 rings (SSSR count). The van der Waals surface area contributed by atoms with Crippen LogP contribution in [-0.4, -0.2) is 30.5 Å². The molecule has 0 bridgehead atoms. The molecule has 0 unspecified atom stereocenters. The Bertz CT molecular complexity index is 681. The maximum Gasteiger partial charge on any atom is 0.252 e. The number of fused-ring (bicyclic) bond motifs is 1. The Labute approximate surface area is 123 Å². The van der Waals surface area contributed by atoms with E-state index < -0.39 is 0 Å². The molecule has 1 aromatic heterocycles. The first-order valence-electron chi connectivity index (χ1n) is 7.32. The van der Waals surface area contributed by atoms with Crippen molar-refractivity contribution in [3.8, 4) is 0 Å². The smallest absolute Gasteiger partial charge is 0.252 e. The summed E-state index contributed by atoms with van der Waals surface area (Å²) in [4.78, 5) is 19.0. The number of nitrogens with zero attached hydrogens (tertiary/aromatic N) is 2. The largest absolute Gasteiger partial charge is 0.357 e. The molecule has 1 amide bonds. The molecule has 0 radical (unpaired) electrons. The summed E-state index contributed by atoms with van der Waals surface area (Å²) in [6, 6.07) is 6.16. The van der Waals surface area contributed by atoms with Gasteiger partial charge in [-0.3, -0.25) is 4.79 Å². The van der Waals surface area contributed by atoms with Crippen molar-refractivity contribution in [3.05, 3.63) is 35.6 Å². The van der Waals surface area contributed by atoms with Crippen LogP contribution in [0.15, 0.2) is 24.3 Å².